The van der Waals surface area contributed by atoms with Gasteiger partial charge in [-0.3, -0.25) is 14.5 Å². The van der Waals surface area contributed by atoms with Crippen molar-refractivity contribution in [2.75, 3.05) is 23.4 Å². The summed E-state index contributed by atoms with van der Waals surface area (Å²) in [4.78, 5) is 29.4. The summed E-state index contributed by atoms with van der Waals surface area (Å²) in [5, 5.41) is 11.9. The van der Waals surface area contributed by atoms with Crippen LogP contribution in [0.4, 0.5) is 11.5 Å². The third kappa shape index (κ3) is 2.83. The summed E-state index contributed by atoms with van der Waals surface area (Å²) >= 11 is 0. The summed E-state index contributed by atoms with van der Waals surface area (Å²) in [7, 11) is 0. The van der Waals surface area contributed by atoms with Crippen molar-refractivity contribution in [1.29, 1.82) is 0 Å². The van der Waals surface area contributed by atoms with Crippen molar-refractivity contribution in [3.63, 3.8) is 0 Å². The lowest BCUT2D eigenvalue weighted by atomic mass is 10.3. The molecule has 0 aliphatic carbocycles. The first-order valence-corrected chi connectivity index (χ1v) is 6.60. The van der Waals surface area contributed by atoms with Crippen molar-refractivity contribution < 1.29 is 19.4 Å². The van der Waals surface area contributed by atoms with E-state index in [2.05, 4.69) is 10.3 Å². The molecule has 0 bridgehead atoms. The Morgan fingerprint density at radius 3 is 2.86 bits per heavy atom. The fourth-order valence-electron chi connectivity index (χ4n) is 2.09. The van der Waals surface area contributed by atoms with Gasteiger partial charge in [-0.05, 0) is 36.4 Å². The Morgan fingerprint density at radius 2 is 2.09 bits per heavy atom. The van der Waals surface area contributed by atoms with Crippen LogP contribution in [0, 0.1) is 0 Å². The number of phenolic OH excluding ortho intramolecular Hbond substituents is 1. The maximum absolute atomic E-state index is 12.1. The van der Waals surface area contributed by atoms with E-state index in [4.69, 9.17) is 4.74 Å². The van der Waals surface area contributed by atoms with Crippen LogP contribution in [0.1, 0.15) is 0 Å². The topological polar surface area (TPSA) is 91.8 Å². The molecular formula is C15H13N3O4. The van der Waals surface area contributed by atoms with Gasteiger partial charge in [-0.15, -0.1) is 0 Å². The zero-order chi connectivity index (χ0) is 15.5. The number of benzene rings is 1. The Hall–Kier alpha value is -3.09. The van der Waals surface area contributed by atoms with Gasteiger partial charge in [0, 0.05) is 11.9 Å². The molecule has 0 saturated heterocycles. The number of hydrogen-bond acceptors (Lipinski definition) is 5. The number of phenols is 1. The summed E-state index contributed by atoms with van der Waals surface area (Å²) in [5.41, 5.74) is 0.532. The molecule has 22 heavy (non-hydrogen) atoms. The third-order valence-corrected chi connectivity index (χ3v) is 3.11. The number of fused-ring (bicyclic) bond motifs is 1. The Morgan fingerprint density at radius 1 is 1.32 bits per heavy atom. The lowest BCUT2D eigenvalue weighted by molar-refractivity contribution is -0.123. The molecule has 0 saturated carbocycles. The summed E-state index contributed by atoms with van der Waals surface area (Å²) in [6.45, 7) is -0.279. The number of carbonyl (C=O) groups excluding carboxylic acids is 2. The Balaban J connectivity index is 1.73. The zero-order valence-corrected chi connectivity index (χ0v) is 11.5. The molecule has 3 rings (SSSR count). The Bertz CT molecular complexity index is 715. The van der Waals surface area contributed by atoms with Gasteiger partial charge in [0.1, 0.15) is 12.3 Å². The summed E-state index contributed by atoms with van der Waals surface area (Å²) in [6.07, 6.45) is 1.53. The second-order valence-electron chi connectivity index (χ2n) is 4.69. The molecule has 0 spiro atoms. The average molecular weight is 299 g/mol. The summed E-state index contributed by atoms with van der Waals surface area (Å²) < 4.78 is 5.27. The Labute approximate surface area is 126 Å². The van der Waals surface area contributed by atoms with E-state index < -0.39 is 0 Å². The van der Waals surface area contributed by atoms with E-state index in [9.17, 15) is 14.7 Å². The lowest BCUT2D eigenvalue weighted by Gasteiger charge is -2.27. The molecule has 1 aliphatic heterocycles. The van der Waals surface area contributed by atoms with Gasteiger partial charge < -0.3 is 15.2 Å². The molecule has 7 nitrogen and oxygen atoms in total. The molecule has 2 amide bonds. The lowest BCUT2D eigenvalue weighted by Crippen LogP contribution is -2.43. The molecule has 0 radical (unpaired) electrons. The second kappa shape index (κ2) is 5.72. The summed E-state index contributed by atoms with van der Waals surface area (Å²) in [5.74, 6) is 0.225. The number of aromatic hydroxyl groups is 1. The highest BCUT2D eigenvalue weighted by molar-refractivity contribution is 6.04. The predicted molar refractivity (Wildman–Crippen MR) is 78.8 cm³/mol. The minimum absolute atomic E-state index is 0.111. The number of carbonyl (C=O) groups is 2. The van der Waals surface area contributed by atoms with E-state index in [1.807, 2.05) is 0 Å². The number of amides is 2. The molecule has 2 N–H and O–H groups in total. The van der Waals surface area contributed by atoms with Gasteiger partial charge in [-0.25, -0.2) is 4.98 Å². The number of hydrogen-bond donors (Lipinski definition) is 2. The van der Waals surface area contributed by atoms with Crippen LogP contribution < -0.4 is 15.0 Å². The van der Waals surface area contributed by atoms with Crippen molar-refractivity contribution in [2.24, 2.45) is 0 Å². The number of anilines is 2. The molecule has 2 aromatic rings. The van der Waals surface area contributed by atoms with Gasteiger partial charge in [0.25, 0.3) is 5.91 Å². The molecule has 1 aromatic carbocycles. The predicted octanol–water partition coefficient (Wildman–Crippen LogP) is 1.15. The molecule has 0 unspecified atom stereocenters. The van der Waals surface area contributed by atoms with Crippen molar-refractivity contribution in [2.45, 2.75) is 0 Å². The van der Waals surface area contributed by atoms with Crippen LogP contribution in [0.2, 0.25) is 0 Å². The number of rotatable bonds is 3. The van der Waals surface area contributed by atoms with Gasteiger partial charge >= 0.3 is 0 Å². The SMILES string of the molecule is O=C(CN1C(=O)COc2cccnc21)Nc1ccc(O)cc1. The van der Waals surface area contributed by atoms with Crippen LogP contribution in [-0.4, -0.2) is 35.1 Å². The van der Waals surface area contributed by atoms with Crippen LogP contribution in [0.3, 0.4) is 0 Å². The van der Waals surface area contributed by atoms with E-state index in [-0.39, 0.29) is 30.7 Å². The number of nitrogens with zero attached hydrogens (tertiary/aromatic N) is 2. The van der Waals surface area contributed by atoms with Gasteiger partial charge in [-0.1, -0.05) is 0 Å². The van der Waals surface area contributed by atoms with E-state index in [0.29, 0.717) is 17.3 Å². The largest absolute Gasteiger partial charge is 0.508 e. The van der Waals surface area contributed by atoms with Crippen LogP contribution in [-0.2, 0) is 9.59 Å². The maximum Gasteiger partial charge on any atom is 0.266 e. The van der Waals surface area contributed by atoms with Crippen molar-refractivity contribution >= 4 is 23.3 Å². The highest BCUT2D eigenvalue weighted by Gasteiger charge is 2.28. The fraction of sp³-hybridized carbons (Fsp3) is 0.133. The van der Waals surface area contributed by atoms with Crippen LogP contribution in [0.25, 0.3) is 0 Å². The molecule has 0 fully saturated rings. The average Bonchev–Trinajstić information content (AvgIpc) is 2.52. The minimum Gasteiger partial charge on any atom is -0.508 e. The van der Waals surface area contributed by atoms with Crippen molar-refractivity contribution in [1.82, 2.24) is 4.98 Å². The fourth-order valence-corrected chi connectivity index (χ4v) is 2.09. The normalized spacial score (nSPS) is 13.3. The highest BCUT2D eigenvalue weighted by Crippen LogP contribution is 2.28. The molecular weight excluding hydrogens is 286 g/mol. The number of nitrogens with one attached hydrogen (secondary N) is 1. The number of pyridine rings is 1. The number of ether oxygens (including phenoxy) is 1. The third-order valence-electron chi connectivity index (χ3n) is 3.11. The molecule has 112 valence electrons. The van der Waals surface area contributed by atoms with Gasteiger partial charge in [-0.2, -0.15) is 0 Å². The first-order valence-electron chi connectivity index (χ1n) is 6.60. The van der Waals surface area contributed by atoms with E-state index in [1.54, 1.807) is 24.3 Å². The summed E-state index contributed by atoms with van der Waals surface area (Å²) in [6, 6.07) is 9.46. The standard InChI is InChI=1S/C15H13N3O4/c19-11-5-3-10(4-6-11)17-13(20)8-18-14(21)9-22-12-2-1-7-16-15(12)18/h1-7,19H,8-9H2,(H,17,20). The van der Waals surface area contributed by atoms with Gasteiger partial charge in [0.15, 0.2) is 18.2 Å². The second-order valence-corrected chi connectivity index (χ2v) is 4.69. The molecule has 1 aliphatic rings. The first kappa shape index (κ1) is 13.9. The molecule has 0 atom stereocenters. The van der Waals surface area contributed by atoms with Crippen molar-refractivity contribution in [3.8, 4) is 11.5 Å². The monoisotopic (exact) mass is 299 g/mol. The maximum atomic E-state index is 12.1. The molecule has 7 heteroatoms. The van der Waals surface area contributed by atoms with Gasteiger partial charge in [0.05, 0.1) is 0 Å². The molecule has 2 heterocycles. The molecule has 1 aromatic heterocycles. The Kier molecular flexibility index (Phi) is 3.61. The van der Waals surface area contributed by atoms with Crippen LogP contribution in [0.15, 0.2) is 42.6 Å². The zero-order valence-electron chi connectivity index (χ0n) is 11.5. The quantitative estimate of drug-likeness (QED) is 0.830. The van der Waals surface area contributed by atoms with Crippen LogP contribution in [0.5, 0.6) is 11.5 Å². The first-order chi connectivity index (χ1) is 10.6. The van der Waals surface area contributed by atoms with Crippen LogP contribution >= 0.6 is 0 Å². The van der Waals surface area contributed by atoms with Gasteiger partial charge in [0.2, 0.25) is 5.91 Å². The smallest absolute Gasteiger partial charge is 0.266 e. The minimum atomic E-state index is -0.363. The van der Waals surface area contributed by atoms with E-state index >= 15 is 0 Å². The number of aromatic nitrogens is 1. The van der Waals surface area contributed by atoms with Crippen molar-refractivity contribution in [3.05, 3.63) is 42.6 Å². The van der Waals surface area contributed by atoms with E-state index in [1.165, 1.54) is 23.2 Å². The van der Waals surface area contributed by atoms with E-state index in [0.717, 1.165) is 0 Å². The highest BCUT2D eigenvalue weighted by atomic mass is 16.5.